The fourth-order valence-corrected chi connectivity index (χ4v) is 2.73. The summed E-state index contributed by atoms with van der Waals surface area (Å²) in [6.45, 7) is 1.78. The van der Waals surface area contributed by atoms with E-state index in [1.54, 1.807) is 31.2 Å². The van der Waals surface area contributed by atoms with Crippen LogP contribution in [0.25, 0.3) is 6.08 Å². The number of hydrogen-bond donors (Lipinski definition) is 2. The average Bonchev–Trinajstić information content (AvgIpc) is 2.74. The first-order valence-corrected chi connectivity index (χ1v) is 8.98. The number of hydrogen-bond acceptors (Lipinski definition) is 5. The number of ether oxygens (including phenoxy) is 1. The lowest BCUT2D eigenvalue weighted by Gasteiger charge is -2.13. The zero-order valence-corrected chi connectivity index (χ0v) is 16.0. The number of ketones is 1. The van der Waals surface area contributed by atoms with Crippen molar-refractivity contribution in [3.63, 3.8) is 0 Å². The smallest absolute Gasteiger partial charge is 0.343 e. The number of benzene rings is 3. The number of nitrogens with one attached hydrogen (secondary N) is 1. The number of rotatable bonds is 6. The summed E-state index contributed by atoms with van der Waals surface area (Å²) in [6, 6.07) is 16.1. The molecule has 1 unspecified atom stereocenters. The maximum Gasteiger partial charge on any atom is 0.343 e. The van der Waals surface area contributed by atoms with Crippen LogP contribution in [0.4, 0.5) is 10.1 Å². The summed E-state index contributed by atoms with van der Waals surface area (Å²) in [5, 5.41) is 19.0. The topological polar surface area (TPSA) is 91.1 Å². The first-order chi connectivity index (χ1) is 14.3. The lowest BCUT2D eigenvalue weighted by molar-refractivity contribution is -0.991. The van der Waals surface area contributed by atoms with Crippen molar-refractivity contribution in [2.24, 2.45) is 0 Å². The van der Waals surface area contributed by atoms with Gasteiger partial charge in [0.25, 0.3) is 0 Å². The molecule has 1 atom stereocenters. The Balaban J connectivity index is 1.86. The summed E-state index contributed by atoms with van der Waals surface area (Å²) in [5.41, 5.74) is 1.13. The molecule has 0 aromatic heterocycles. The Morgan fingerprint density at radius 1 is 1.07 bits per heavy atom. The molecule has 0 spiro atoms. The van der Waals surface area contributed by atoms with Crippen LogP contribution >= 0.6 is 0 Å². The third-order valence-electron chi connectivity index (χ3n) is 4.27. The molecule has 0 saturated heterocycles. The highest BCUT2D eigenvalue weighted by Gasteiger charge is 2.17. The molecule has 6 nitrogen and oxygen atoms in total. The van der Waals surface area contributed by atoms with Gasteiger partial charge in [-0.1, -0.05) is 35.9 Å². The van der Waals surface area contributed by atoms with E-state index >= 15 is 0 Å². The van der Waals surface area contributed by atoms with Gasteiger partial charge in [-0.3, -0.25) is 4.79 Å². The first-order valence-electron chi connectivity index (χ1n) is 8.98. The van der Waals surface area contributed by atoms with E-state index in [4.69, 9.17) is 9.94 Å². The van der Waals surface area contributed by atoms with E-state index < -0.39 is 22.8 Å². The summed E-state index contributed by atoms with van der Waals surface area (Å²) in [7, 11) is 0. The number of aryl methyl sites for hydroxylation is 1. The molecule has 0 bridgehead atoms. The summed E-state index contributed by atoms with van der Waals surface area (Å²) in [6.07, 6.45) is 2.55. The zero-order chi connectivity index (χ0) is 21.7. The lowest BCUT2D eigenvalue weighted by Crippen LogP contribution is -2.99. The van der Waals surface area contributed by atoms with Crippen molar-refractivity contribution in [3.05, 3.63) is 106 Å². The van der Waals surface area contributed by atoms with Gasteiger partial charge in [-0.25, -0.2) is 14.4 Å². The predicted molar refractivity (Wildman–Crippen MR) is 108 cm³/mol. The van der Waals surface area contributed by atoms with Crippen LogP contribution in [0.3, 0.4) is 0 Å². The maximum absolute atomic E-state index is 13.8. The van der Waals surface area contributed by atoms with Crippen LogP contribution in [0, 0.1) is 17.9 Å². The van der Waals surface area contributed by atoms with E-state index in [2.05, 4.69) is 0 Å². The van der Waals surface area contributed by atoms with Gasteiger partial charge < -0.3 is 9.94 Å². The minimum atomic E-state index is -1.17. The number of quaternary nitrogens is 1. The van der Waals surface area contributed by atoms with Crippen molar-refractivity contribution in [1.82, 2.24) is 0 Å². The van der Waals surface area contributed by atoms with Gasteiger partial charge in [-0.05, 0) is 43.3 Å². The highest BCUT2D eigenvalue weighted by atomic mass is 19.1. The Bertz CT molecular complexity index is 1120. The van der Waals surface area contributed by atoms with Gasteiger partial charge in [0.05, 0.1) is 11.1 Å². The van der Waals surface area contributed by atoms with Crippen molar-refractivity contribution < 1.29 is 29.2 Å². The molecule has 2 N–H and O–H groups in total. The molecular formula is C23H18FNO5. The molecule has 0 amide bonds. The molecule has 3 rings (SSSR count). The molecule has 152 valence electrons. The Morgan fingerprint density at radius 3 is 2.57 bits per heavy atom. The Labute approximate surface area is 172 Å². The molecule has 7 heteroatoms. The van der Waals surface area contributed by atoms with E-state index in [-0.39, 0.29) is 28.1 Å². The van der Waals surface area contributed by atoms with Gasteiger partial charge in [0, 0.05) is 17.7 Å². The lowest BCUT2D eigenvalue weighted by atomic mass is 10.0. The SMILES string of the molecule is Cc1ccc(OC(=O)c2cccc([NH+]([O-])O)c2)c(C(=O)C=Cc2ccccc2F)c1. The van der Waals surface area contributed by atoms with Crippen molar-refractivity contribution in [1.29, 1.82) is 0 Å². The first kappa shape index (κ1) is 21.1. The van der Waals surface area contributed by atoms with Crippen LogP contribution in [-0.4, -0.2) is 17.0 Å². The maximum atomic E-state index is 13.8. The van der Waals surface area contributed by atoms with Gasteiger partial charge in [0.2, 0.25) is 0 Å². The number of carbonyl (C=O) groups excluding carboxylic acids is 2. The Kier molecular flexibility index (Phi) is 6.48. The quantitative estimate of drug-likeness (QED) is 0.214. The van der Waals surface area contributed by atoms with Crippen LogP contribution in [0.15, 0.2) is 72.8 Å². The Hall–Kier alpha value is -3.65. The summed E-state index contributed by atoms with van der Waals surface area (Å²) < 4.78 is 19.1. The number of carbonyl (C=O) groups is 2. The minimum absolute atomic E-state index is 0.0227. The normalized spacial score (nSPS) is 12.0. The molecule has 3 aromatic carbocycles. The largest absolute Gasteiger partial charge is 0.595 e. The van der Waals surface area contributed by atoms with E-state index in [1.165, 1.54) is 54.6 Å². The molecule has 0 aliphatic heterocycles. The van der Waals surface area contributed by atoms with Gasteiger partial charge in [0.1, 0.15) is 11.6 Å². The fraction of sp³-hybridized carbons (Fsp3) is 0.0435. The molecule has 0 heterocycles. The van der Waals surface area contributed by atoms with E-state index in [0.717, 1.165) is 5.56 Å². The van der Waals surface area contributed by atoms with Crippen LogP contribution in [0.1, 0.15) is 31.8 Å². The highest BCUT2D eigenvalue weighted by molar-refractivity contribution is 6.09. The van der Waals surface area contributed by atoms with Gasteiger partial charge in [-0.2, -0.15) is 5.23 Å². The van der Waals surface area contributed by atoms with Crippen LogP contribution < -0.4 is 9.96 Å². The van der Waals surface area contributed by atoms with Gasteiger partial charge >= 0.3 is 5.97 Å². The van der Waals surface area contributed by atoms with Crippen LogP contribution in [0.5, 0.6) is 5.75 Å². The second-order valence-electron chi connectivity index (χ2n) is 6.49. The Morgan fingerprint density at radius 2 is 1.83 bits per heavy atom. The second-order valence-corrected chi connectivity index (χ2v) is 6.49. The number of allylic oxidation sites excluding steroid dienone is 1. The number of halogens is 1. The van der Waals surface area contributed by atoms with E-state index in [0.29, 0.717) is 0 Å². The van der Waals surface area contributed by atoms with Gasteiger partial charge in [0.15, 0.2) is 11.5 Å². The second kappa shape index (κ2) is 9.23. The average molecular weight is 407 g/mol. The molecule has 0 radical (unpaired) electrons. The monoisotopic (exact) mass is 407 g/mol. The minimum Gasteiger partial charge on any atom is -0.595 e. The van der Waals surface area contributed by atoms with E-state index in [1.807, 2.05) is 0 Å². The third kappa shape index (κ3) is 5.03. The highest BCUT2D eigenvalue weighted by Crippen LogP contribution is 2.23. The van der Waals surface area contributed by atoms with Crippen molar-refractivity contribution in [3.8, 4) is 5.75 Å². The molecular weight excluding hydrogens is 389 g/mol. The van der Waals surface area contributed by atoms with Crippen molar-refractivity contribution >= 4 is 23.5 Å². The van der Waals surface area contributed by atoms with Crippen molar-refractivity contribution in [2.75, 3.05) is 0 Å². The molecule has 0 saturated carbocycles. The standard InChI is InChI=1S/C23H18FNO5/c1-15-9-12-22(30-23(27)17-6-4-7-18(14-17)25(28)29)19(13-15)21(26)11-10-16-5-2-3-8-20(16)24/h2-14,25,28H,1H3. The van der Waals surface area contributed by atoms with Crippen molar-refractivity contribution in [2.45, 2.75) is 6.92 Å². The predicted octanol–water partition coefficient (Wildman–Crippen LogP) is 3.65. The molecule has 30 heavy (non-hydrogen) atoms. The fourth-order valence-electron chi connectivity index (χ4n) is 2.73. The third-order valence-corrected chi connectivity index (χ3v) is 4.27. The number of esters is 1. The zero-order valence-electron chi connectivity index (χ0n) is 16.0. The summed E-state index contributed by atoms with van der Waals surface area (Å²) >= 11 is 0. The summed E-state index contributed by atoms with van der Waals surface area (Å²) in [4.78, 5) is 25.2. The van der Waals surface area contributed by atoms with Gasteiger partial charge in [-0.15, -0.1) is 0 Å². The van der Waals surface area contributed by atoms with Crippen LogP contribution in [-0.2, 0) is 0 Å². The molecule has 0 aliphatic carbocycles. The summed E-state index contributed by atoms with van der Waals surface area (Å²) in [5.74, 6) is -1.71. The van der Waals surface area contributed by atoms with Crippen LogP contribution in [0.2, 0.25) is 0 Å². The molecule has 3 aromatic rings. The van der Waals surface area contributed by atoms with E-state index in [9.17, 15) is 19.2 Å². The molecule has 0 fully saturated rings. The molecule has 0 aliphatic rings.